The van der Waals surface area contributed by atoms with Crippen LogP contribution in [0.3, 0.4) is 0 Å². The lowest BCUT2D eigenvalue weighted by atomic mass is 10.3. The van der Waals surface area contributed by atoms with Gasteiger partial charge < -0.3 is 14.0 Å². The van der Waals surface area contributed by atoms with Crippen LogP contribution in [0.2, 0.25) is 0 Å². The molecule has 1 amide bonds. The maximum Gasteiger partial charge on any atom is 0.326 e. The molecule has 0 aliphatic heterocycles. The Bertz CT molecular complexity index is 1110. The predicted molar refractivity (Wildman–Crippen MR) is 115 cm³/mol. The number of halogens is 1. The number of aromatic nitrogens is 1. The fraction of sp³-hybridized carbons (Fsp3) is 0.286. The zero-order valence-electron chi connectivity index (χ0n) is 16.6. The lowest BCUT2D eigenvalue weighted by Crippen LogP contribution is -2.23. The molecule has 0 saturated heterocycles. The highest BCUT2D eigenvalue weighted by Gasteiger charge is 2.13. The Morgan fingerprint density at radius 1 is 1.20 bits per heavy atom. The van der Waals surface area contributed by atoms with Crippen LogP contribution in [0.1, 0.15) is 13.3 Å². The summed E-state index contributed by atoms with van der Waals surface area (Å²) in [6.45, 7) is 1.88. The maximum atomic E-state index is 13.6. The summed E-state index contributed by atoms with van der Waals surface area (Å²) < 4.78 is 25.9. The minimum atomic E-state index is -0.439. The minimum Gasteiger partial charge on any atom is -0.497 e. The molecule has 0 fully saturated rings. The van der Waals surface area contributed by atoms with Gasteiger partial charge in [-0.2, -0.15) is 4.99 Å². The number of hydrogen-bond acceptors (Lipinski definition) is 6. The Kier molecular flexibility index (Phi) is 7.64. The monoisotopic (exact) mass is 448 g/mol. The van der Waals surface area contributed by atoms with Gasteiger partial charge in [0.25, 0.3) is 0 Å². The SMILES string of the molecule is CCOC(=O)Cn1c(=NC(=O)CCSc2ccc(OC)cc2)sc2cc(F)ccc21. The number of ether oxygens (including phenoxy) is 2. The van der Waals surface area contributed by atoms with E-state index in [0.717, 1.165) is 10.6 Å². The van der Waals surface area contributed by atoms with Crippen LogP contribution in [0.25, 0.3) is 10.2 Å². The fourth-order valence-electron chi connectivity index (χ4n) is 2.71. The van der Waals surface area contributed by atoms with Crippen LogP contribution in [-0.2, 0) is 20.9 Å². The Labute approximate surface area is 181 Å². The number of methoxy groups -OCH3 is 1. The molecule has 0 N–H and O–H groups in total. The molecule has 9 heteroatoms. The average molecular weight is 449 g/mol. The second-order valence-electron chi connectivity index (χ2n) is 6.17. The first kappa shape index (κ1) is 22.0. The van der Waals surface area contributed by atoms with Crippen molar-refractivity contribution in [3.8, 4) is 5.75 Å². The van der Waals surface area contributed by atoms with Crippen molar-refractivity contribution >= 4 is 45.2 Å². The molecule has 30 heavy (non-hydrogen) atoms. The molecule has 2 aromatic carbocycles. The quantitative estimate of drug-likeness (QED) is 0.385. The van der Waals surface area contributed by atoms with Gasteiger partial charge in [0.15, 0.2) is 4.80 Å². The summed E-state index contributed by atoms with van der Waals surface area (Å²) in [5.41, 5.74) is 0.633. The molecule has 0 radical (unpaired) electrons. The number of thioether (sulfide) groups is 1. The predicted octanol–water partition coefficient (Wildman–Crippen LogP) is 4.02. The van der Waals surface area contributed by atoms with Crippen molar-refractivity contribution < 1.29 is 23.5 Å². The zero-order chi connectivity index (χ0) is 21.5. The van der Waals surface area contributed by atoms with E-state index < -0.39 is 5.97 Å². The molecule has 0 saturated carbocycles. The van der Waals surface area contributed by atoms with Crippen molar-refractivity contribution in [3.05, 3.63) is 53.1 Å². The van der Waals surface area contributed by atoms with Gasteiger partial charge in [-0.1, -0.05) is 11.3 Å². The number of rotatable bonds is 8. The van der Waals surface area contributed by atoms with Gasteiger partial charge in [0.2, 0.25) is 5.91 Å². The van der Waals surface area contributed by atoms with Gasteiger partial charge >= 0.3 is 5.97 Å². The summed E-state index contributed by atoms with van der Waals surface area (Å²) in [7, 11) is 1.61. The summed E-state index contributed by atoms with van der Waals surface area (Å²) in [5.74, 6) is 0.205. The van der Waals surface area contributed by atoms with Crippen LogP contribution in [0.15, 0.2) is 52.4 Å². The van der Waals surface area contributed by atoms with Crippen LogP contribution in [0.5, 0.6) is 5.75 Å². The van der Waals surface area contributed by atoms with Gasteiger partial charge in [-0.3, -0.25) is 9.59 Å². The molecule has 0 atom stereocenters. The lowest BCUT2D eigenvalue weighted by molar-refractivity contribution is -0.143. The highest BCUT2D eigenvalue weighted by atomic mass is 32.2. The first-order valence-electron chi connectivity index (χ1n) is 9.29. The standard InChI is InChI=1S/C21H21FN2O4S2/c1-3-28-20(26)13-24-17-9-4-14(22)12-18(17)30-21(24)23-19(25)10-11-29-16-7-5-15(27-2)6-8-16/h4-9,12H,3,10-11,13H2,1-2H3. The van der Waals surface area contributed by atoms with E-state index in [1.54, 1.807) is 36.4 Å². The number of thiazole rings is 1. The molecule has 3 rings (SSSR count). The number of carbonyl (C=O) groups is 2. The van der Waals surface area contributed by atoms with E-state index >= 15 is 0 Å². The average Bonchev–Trinajstić information content (AvgIpc) is 3.04. The maximum absolute atomic E-state index is 13.6. The van der Waals surface area contributed by atoms with Crippen molar-refractivity contribution in [2.75, 3.05) is 19.5 Å². The van der Waals surface area contributed by atoms with E-state index in [1.807, 2.05) is 24.3 Å². The third-order valence-corrected chi connectivity index (χ3v) is 6.16. The van der Waals surface area contributed by atoms with Crippen LogP contribution < -0.4 is 9.54 Å². The van der Waals surface area contributed by atoms with Gasteiger partial charge in [0.05, 0.1) is 23.9 Å². The Balaban J connectivity index is 1.75. The molecule has 1 heterocycles. The molecular formula is C21H21FN2O4S2. The Hall–Kier alpha value is -2.65. The molecule has 0 bridgehead atoms. The topological polar surface area (TPSA) is 69.9 Å². The first-order chi connectivity index (χ1) is 14.5. The molecule has 158 valence electrons. The van der Waals surface area contributed by atoms with Crippen LogP contribution in [0, 0.1) is 5.82 Å². The van der Waals surface area contributed by atoms with Crippen molar-refractivity contribution in [2.45, 2.75) is 24.8 Å². The smallest absolute Gasteiger partial charge is 0.326 e. The first-order valence-corrected chi connectivity index (χ1v) is 11.1. The number of fused-ring (bicyclic) bond motifs is 1. The van der Waals surface area contributed by atoms with Gasteiger partial charge in [-0.25, -0.2) is 4.39 Å². The van der Waals surface area contributed by atoms with Crippen LogP contribution in [0.4, 0.5) is 4.39 Å². The summed E-state index contributed by atoms with van der Waals surface area (Å²) >= 11 is 2.71. The normalized spacial score (nSPS) is 11.6. The van der Waals surface area contributed by atoms with E-state index in [9.17, 15) is 14.0 Å². The van der Waals surface area contributed by atoms with Crippen molar-refractivity contribution in [1.82, 2.24) is 4.57 Å². The van der Waals surface area contributed by atoms with E-state index in [-0.39, 0.29) is 31.3 Å². The molecule has 1 aromatic heterocycles. The molecule has 3 aromatic rings. The summed E-state index contributed by atoms with van der Waals surface area (Å²) in [6.07, 6.45) is 0.235. The largest absolute Gasteiger partial charge is 0.497 e. The summed E-state index contributed by atoms with van der Waals surface area (Å²) in [5, 5.41) is 0. The fourth-order valence-corrected chi connectivity index (χ4v) is 4.62. The molecule has 0 aliphatic rings. The second-order valence-corrected chi connectivity index (χ2v) is 8.34. The third-order valence-electron chi connectivity index (χ3n) is 4.10. The van der Waals surface area contributed by atoms with E-state index in [0.29, 0.717) is 20.8 Å². The Morgan fingerprint density at radius 2 is 1.97 bits per heavy atom. The highest BCUT2D eigenvalue weighted by molar-refractivity contribution is 7.99. The molecule has 6 nitrogen and oxygen atoms in total. The number of hydrogen-bond donors (Lipinski definition) is 0. The second kappa shape index (κ2) is 10.4. The summed E-state index contributed by atoms with van der Waals surface area (Å²) in [4.78, 5) is 29.9. The Morgan fingerprint density at radius 3 is 2.67 bits per heavy atom. The van der Waals surface area contributed by atoms with Gasteiger partial charge in [-0.15, -0.1) is 11.8 Å². The van der Waals surface area contributed by atoms with E-state index in [4.69, 9.17) is 9.47 Å². The molecule has 0 unspecified atom stereocenters. The lowest BCUT2D eigenvalue weighted by Gasteiger charge is -2.05. The summed E-state index contributed by atoms with van der Waals surface area (Å²) in [6, 6.07) is 11.8. The van der Waals surface area contributed by atoms with Gasteiger partial charge in [0.1, 0.15) is 18.1 Å². The van der Waals surface area contributed by atoms with Crippen molar-refractivity contribution in [2.24, 2.45) is 4.99 Å². The van der Waals surface area contributed by atoms with Crippen LogP contribution in [-0.4, -0.2) is 35.9 Å². The van der Waals surface area contributed by atoms with Gasteiger partial charge in [-0.05, 0) is 49.4 Å². The highest BCUT2D eigenvalue weighted by Crippen LogP contribution is 2.22. The number of benzene rings is 2. The molecule has 0 aliphatic carbocycles. The minimum absolute atomic E-state index is 0.0911. The number of nitrogens with zero attached hydrogens (tertiary/aromatic N) is 2. The van der Waals surface area contributed by atoms with E-state index in [2.05, 4.69) is 4.99 Å². The van der Waals surface area contributed by atoms with Gasteiger partial charge in [0, 0.05) is 17.1 Å². The number of carbonyl (C=O) groups excluding carboxylic acids is 2. The molecule has 0 spiro atoms. The van der Waals surface area contributed by atoms with Crippen molar-refractivity contribution in [1.29, 1.82) is 0 Å². The number of esters is 1. The zero-order valence-corrected chi connectivity index (χ0v) is 18.2. The molecular weight excluding hydrogens is 427 g/mol. The number of amides is 1. The van der Waals surface area contributed by atoms with Crippen LogP contribution >= 0.6 is 23.1 Å². The third kappa shape index (κ3) is 5.70. The van der Waals surface area contributed by atoms with Crippen molar-refractivity contribution in [3.63, 3.8) is 0 Å². The van der Waals surface area contributed by atoms with E-state index in [1.165, 1.54) is 23.5 Å².